The van der Waals surface area contributed by atoms with Crippen LogP contribution in [0.3, 0.4) is 0 Å². The van der Waals surface area contributed by atoms with E-state index in [9.17, 15) is 14.4 Å². The van der Waals surface area contributed by atoms with Crippen molar-refractivity contribution in [1.82, 2.24) is 9.78 Å². The van der Waals surface area contributed by atoms with E-state index in [0.717, 1.165) is 26.1 Å². The predicted molar refractivity (Wildman–Crippen MR) is 128 cm³/mol. The third-order valence-corrected chi connectivity index (χ3v) is 6.16. The molecule has 0 unspecified atom stereocenters. The number of aryl methyl sites for hydroxylation is 1. The molecule has 2 aromatic carbocycles. The van der Waals surface area contributed by atoms with E-state index in [4.69, 9.17) is 4.74 Å². The highest BCUT2D eigenvalue weighted by molar-refractivity contribution is 9.10. The van der Waals surface area contributed by atoms with Crippen molar-refractivity contribution in [2.24, 2.45) is 0 Å². The lowest BCUT2D eigenvalue weighted by Crippen LogP contribution is -2.25. The zero-order chi connectivity index (χ0) is 22.8. The lowest BCUT2D eigenvalue weighted by Gasteiger charge is -2.10. The normalized spacial score (nSPS) is 10.8. The first-order valence-electron chi connectivity index (χ1n) is 9.74. The molecule has 0 aliphatic carbocycles. The number of aromatic nitrogens is 2. The molecule has 0 saturated heterocycles. The third-order valence-electron chi connectivity index (χ3n) is 4.73. The van der Waals surface area contributed by atoms with Gasteiger partial charge in [-0.25, -0.2) is 4.79 Å². The number of ether oxygens (including phenoxy) is 1. The Morgan fingerprint density at radius 2 is 1.81 bits per heavy atom. The molecule has 0 bridgehead atoms. The molecule has 4 aromatic rings. The van der Waals surface area contributed by atoms with Gasteiger partial charge < -0.3 is 10.1 Å². The second kappa shape index (κ2) is 9.05. The maximum atomic E-state index is 13.4. The number of nitrogens with one attached hydrogen (secondary N) is 1. The molecule has 7 nitrogen and oxygen atoms in total. The van der Waals surface area contributed by atoms with E-state index in [1.54, 1.807) is 48.7 Å². The molecule has 2 aromatic heterocycles. The Labute approximate surface area is 195 Å². The number of nitrogens with zero attached hydrogens (tertiary/aromatic N) is 2. The van der Waals surface area contributed by atoms with Gasteiger partial charge in [-0.3, -0.25) is 9.59 Å². The van der Waals surface area contributed by atoms with Gasteiger partial charge in [0.25, 0.3) is 11.5 Å². The molecule has 0 atom stereocenters. The van der Waals surface area contributed by atoms with E-state index in [0.29, 0.717) is 21.6 Å². The van der Waals surface area contributed by atoms with Gasteiger partial charge in [0.15, 0.2) is 5.69 Å². The summed E-state index contributed by atoms with van der Waals surface area (Å²) in [7, 11) is 0. The predicted octanol–water partition coefficient (Wildman–Crippen LogP) is 4.95. The SMILES string of the molecule is CCOC(=O)c1nn(-c2ccc(C)cc2)c(=O)c2c(NC(=O)c3ccc(Br)cc3)scc12. The van der Waals surface area contributed by atoms with Gasteiger partial charge in [-0.1, -0.05) is 33.6 Å². The van der Waals surface area contributed by atoms with Gasteiger partial charge in [-0.15, -0.1) is 11.3 Å². The summed E-state index contributed by atoms with van der Waals surface area (Å²) in [5, 5.41) is 9.62. The number of carbonyl (C=O) groups is 2. The Morgan fingerprint density at radius 3 is 2.47 bits per heavy atom. The van der Waals surface area contributed by atoms with Gasteiger partial charge in [0.1, 0.15) is 5.00 Å². The topological polar surface area (TPSA) is 90.3 Å². The van der Waals surface area contributed by atoms with Crippen LogP contribution in [0.25, 0.3) is 16.5 Å². The maximum absolute atomic E-state index is 13.4. The van der Waals surface area contributed by atoms with Crippen molar-refractivity contribution in [3.63, 3.8) is 0 Å². The minimum Gasteiger partial charge on any atom is -0.461 e. The number of fused-ring (bicyclic) bond motifs is 1. The molecule has 0 spiro atoms. The van der Waals surface area contributed by atoms with E-state index < -0.39 is 11.5 Å². The van der Waals surface area contributed by atoms with Crippen molar-refractivity contribution in [3.8, 4) is 5.69 Å². The number of carbonyl (C=O) groups excluding carboxylic acids is 2. The average Bonchev–Trinajstić information content (AvgIpc) is 3.19. The van der Waals surface area contributed by atoms with Crippen molar-refractivity contribution < 1.29 is 14.3 Å². The summed E-state index contributed by atoms with van der Waals surface area (Å²) in [5.74, 6) is -1.00. The van der Waals surface area contributed by atoms with Crippen LogP contribution in [0.4, 0.5) is 5.00 Å². The number of hydrogen-bond acceptors (Lipinski definition) is 6. The highest BCUT2D eigenvalue weighted by Crippen LogP contribution is 2.31. The van der Waals surface area contributed by atoms with Crippen LogP contribution in [-0.2, 0) is 4.74 Å². The van der Waals surface area contributed by atoms with Crippen LogP contribution in [0.15, 0.2) is 63.2 Å². The molecule has 4 rings (SSSR count). The average molecular weight is 512 g/mol. The molecule has 1 N–H and O–H groups in total. The second-order valence-electron chi connectivity index (χ2n) is 6.94. The van der Waals surface area contributed by atoms with Crippen LogP contribution in [0, 0.1) is 6.92 Å². The summed E-state index contributed by atoms with van der Waals surface area (Å²) < 4.78 is 7.16. The first kappa shape index (κ1) is 21.9. The number of halogens is 1. The van der Waals surface area contributed by atoms with Crippen LogP contribution >= 0.6 is 27.3 Å². The highest BCUT2D eigenvalue weighted by atomic mass is 79.9. The van der Waals surface area contributed by atoms with E-state index in [1.165, 1.54) is 0 Å². The Bertz CT molecular complexity index is 1380. The summed E-state index contributed by atoms with van der Waals surface area (Å²) >= 11 is 4.50. The van der Waals surface area contributed by atoms with E-state index in [2.05, 4.69) is 26.3 Å². The lowest BCUT2D eigenvalue weighted by atomic mass is 10.2. The van der Waals surface area contributed by atoms with Crippen molar-refractivity contribution >= 4 is 54.9 Å². The Kier molecular flexibility index (Phi) is 6.20. The number of benzene rings is 2. The lowest BCUT2D eigenvalue weighted by molar-refractivity contribution is 0.0520. The first-order chi connectivity index (χ1) is 15.4. The smallest absolute Gasteiger partial charge is 0.359 e. The maximum Gasteiger partial charge on any atom is 0.359 e. The summed E-state index contributed by atoms with van der Waals surface area (Å²) in [4.78, 5) is 38.8. The zero-order valence-electron chi connectivity index (χ0n) is 17.2. The molecular formula is C23H18BrN3O4S. The van der Waals surface area contributed by atoms with Gasteiger partial charge in [-0.2, -0.15) is 9.78 Å². The number of rotatable bonds is 5. The molecule has 32 heavy (non-hydrogen) atoms. The van der Waals surface area contributed by atoms with Crippen LogP contribution < -0.4 is 10.9 Å². The van der Waals surface area contributed by atoms with Crippen molar-refractivity contribution in [2.75, 3.05) is 11.9 Å². The van der Waals surface area contributed by atoms with Crippen molar-refractivity contribution in [3.05, 3.63) is 85.6 Å². The minimum atomic E-state index is -0.637. The molecule has 2 heterocycles. The molecule has 9 heteroatoms. The van der Waals surface area contributed by atoms with Crippen LogP contribution in [-0.4, -0.2) is 28.3 Å². The molecular weight excluding hydrogens is 494 g/mol. The fraction of sp³-hybridized carbons (Fsp3) is 0.130. The standard InChI is InChI=1S/C23H18BrN3O4S/c1-3-31-23(30)19-17-12-32-21(25-20(28)14-6-8-15(24)9-7-14)18(17)22(29)27(26-19)16-10-4-13(2)5-11-16/h4-12H,3H2,1-2H3,(H,25,28). The van der Waals surface area contributed by atoms with Gasteiger partial charge in [0.2, 0.25) is 0 Å². The summed E-state index contributed by atoms with van der Waals surface area (Å²) in [6.45, 7) is 3.80. The Hall–Kier alpha value is -3.30. The number of thiophene rings is 1. The fourth-order valence-corrected chi connectivity index (χ4v) is 4.33. The van der Waals surface area contributed by atoms with E-state index >= 15 is 0 Å². The highest BCUT2D eigenvalue weighted by Gasteiger charge is 2.23. The van der Waals surface area contributed by atoms with Crippen molar-refractivity contribution in [2.45, 2.75) is 13.8 Å². The van der Waals surface area contributed by atoms with Crippen molar-refractivity contribution in [1.29, 1.82) is 0 Å². The number of anilines is 1. The molecule has 0 saturated carbocycles. The quantitative estimate of drug-likeness (QED) is 0.383. The first-order valence-corrected chi connectivity index (χ1v) is 11.4. The van der Waals surface area contributed by atoms with Crippen LogP contribution in [0.2, 0.25) is 0 Å². The number of esters is 1. The van der Waals surface area contributed by atoms with E-state index in [1.807, 2.05) is 19.1 Å². The third kappa shape index (κ3) is 4.21. The van der Waals surface area contributed by atoms with Gasteiger partial charge in [-0.05, 0) is 50.2 Å². The second-order valence-corrected chi connectivity index (χ2v) is 8.73. The zero-order valence-corrected chi connectivity index (χ0v) is 19.6. The van der Waals surface area contributed by atoms with Gasteiger partial charge in [0.05, 0.1) is 17.7 Å². The molecule has 0 fully saturated rings. The largest absolute Gasteiger partial charge is 0.461 e. The molecule has 0 radical (unpaired) electrons. The Balaban J connectivity index is 1.87. The fourth-order valence-electron chi connectivity index (χ4n) is 3.13. The summed E-state index contributed by atoms with van der Waals surface area (Å²) in [6, 6.07) is 14.1. The van der Waals surface area contributed by atoms with Crippen LogP contribution in [0.1, 0.15) is 33.3 Å². The molecule has 0 aliphatic heterocycles. The molecule has 1 amide bonds. The summed E-state index contributed by atoms with van der Waals surface area (Å²) in [5.41, 5.74) is 1.54. The summed E-state index contributed by atoms with van der Waals surface area (Å²) in [6.07, 6.45) is 0. The number of amides is 1. The molecule has 162 valence electrons. The Morgan fingerprint density at radius 1 is 1.12 bits per heavy atom. The number of hydrogen-bond donors (Lipinski definition) is 1. The van der Waals surface area contributed by atoms with E-state index in [-0.39, 0.29) is 23.6 Å². The van der Waals surface area contributed by atoms with Gasteiger partial charge >= 0.3 is 5.97 Å². The van der Waals surface area contributed by atoms with Gasteiger partial charge in [0, 0.05) is 20.8 Å². The monoisotopic (exact) mass is 511 g/mol. The molecule has 0 aliphatic rings. The van der Waals surface area contributed by atoms with Crippen LogP contribution in [0.5, 0.6) is 0 Å². The minimum absolute atomic E-state index is 0.0161.